The highest BCUT2D eigenvalue weighted by atomic mass is 16.5. The molecule has 1 aliphatic rings. The number of hydrogen-bond acceptors (Lipinski definition) is 3. The molecule has 118 valence electrons. The summed E-state index contributed by atoms with van der Waals surface area (Å²) in [6.45, 7) is 0.367. The summed E-state index contributed by atoms with van der Waals surface area (Å²) in [5.41, 5.74) is 0.748. The quantitative estimate of drug-likeness (QED) is 0.599. The van der Waals surface area contributed by atoms with E-state index in [-0.39, 0.29) is 18.2 Å². The first kappa shape index (κ1) is 16.1. The number of anilines is 1. The summed E-state index contributed by atoms with van der Waals surface area (Å²) in [6.07, 6.45) is 7.40. The second-order valence-electron chi connectivity index (χ2n) is 5.34. The number of carboxylic acids is 1. The van der Waals surface area contributed by atoms with E-state index in [1.165, 1.54) is 0 Å². The van der Waals surface area contributed by atoms with Crippen LogP contribution in [0.25, 0.3) is 0 Å². The fraction of sp³-hybridized carbons (Fsp3) is 0.412. The van der Waals surface area contributed by atoms with E-state index >= 15 is 0 Å². The van der Waals surface area contributed by atoms with Crippen LogP contribution in [-0.4, -0.2) is 23.6 Å². The number of carbonyl (C=O) groups is 2. The molecule has 0 fully saturated rings. The molecule has 0 saturated carbocycles. The summed E-state index contributed by atoms with van der Waals surface area (Å²) in [7, 11) is 0. The second kappa shape index (κ2) is 8.22. The Morgan fingerprint density at radius 3 is 2.64 bits per heavy atom. The fourth-order valence-electron chi connectivity index (χ4n) is 2.32. The van der Waals surface area contributed by atoms with Crippen molar-refractivity contribution in [3.05, 3.63) is 36.4 Å². The number of amides is 1. The molecule has 1 aromatic carbocycles. The Morgan fingerprint density at radius 2 is 2.00 bits per heavy atom. The Balaban J connectivity index is 1.77. The lowest BCUT2D eigenvalue weighted by Crippen LogP contribution is -2.23. The summed E-state index contributed by atoms with van der Waals surface area (Å²) in [5.74, 6) is -0.0420. The molecule has 0 aliphatic heterocycles. The summed E-state index contributed by atoms with van der Waals surface area (Å²) < 4.78 is 5.45. The SMILES string of the molecule is O=C(O)CCCOc1ccc(NC(=O)C2CC=CCC2)cc1. The van der Waals surface area contributed by atoms with Gasteiger partial charge in [0, 0.05) is 18.0 Å². The number of rotatable bonds is 7. The topological polar surface area (TPSA) is 75.6 Å². The van der Waals surface area contributed by atoms with Crippen molar-refractivity contribution in [3.63, 3.8) is 0 Å². The smallest absolute Gasteiger partial charge is 0.303 e. The van der Waals surface area contributed by atoms with E-state index < -0.39 is 5.97 Å². The van der Waals surface area contributed by atoms with Gasteiger partial charge >= 0.3 is 5.97 Å². The predicted molar refractivity (Wildman–Crippen MR) is 83.9 cm³/mol. The third-order valence-electron chi connectivity index (χ3n) is 3.57. The van der Waals surface area contributed by atoms with Crippen molar-refractivity contribution >= 4 is 17.6 Å². The molecule has 1 aliphatic carbocycles. The Bertz CT molecular complexity index is 536. The normalized spacial score (nSPS) is 17.0. The Morgan fingerprint density at radius 1 is 1.23 bits per heavy atom. The van der Waals surface area contributed by atoms with Gasteiger partial charge in [-0.1, -0.05) is 12.2 Å². The van der Waals surface area contributed by atoms with E-state index in [2.05, 4.69) is 17.5 Å². The van der Waals surface area contributed by atoms with Crippen LogP contribution in [0.3, 0.4) is 0 Å². The van der Waals surface area contributed by atoms with E-state index in [0.717, 1.165) is 24.9 Å². The minimum absolute atomic E-state index is 0.0527. The van der Waals surface area contributed by atoms with E-state index in [9.17, 15) is 9.59 Å². The van der Waals surface area contributed by atoms with Gasteiger partial charge in [0.15, 0.2) is 0 Å². The lowest BCUT2D eigenvalue weighted by molar-refractivity contribution is -0.137. The van der Waals surface area contributed by atoms with Gasteiger partial charge in [-0.25, -0.2) is 0 Å². The Hall–Kier alpha value is -2.30. The minimum atomic E-state index is -0.820. The van der Waals surface area contributed by atoms with Gasteiger partial charge in [0.05, 0.1) is 6.61 Å². The third-order valence-corrected chi connectivity index (χ3v) is 3.57. The molecule has 0 radical (unpaired) electrons. The van der Waals surface area contributed by atoms with Crippen molar-refractivity contribution in [1.29, 1.82) is 0 Å². The van der Waals surface area contributed by atoms with Gasteiger partial charge in [0.2, 0.25) is 5.91 Å². The van der Waals surface area contributed by atoms with Crippen LogP contribution in [0.1, 0.15) is 32.1 Å². The maximum Gasteiger partial charge on any atom is 0.303 e. The van der Waals surface area contributed by atoms with Crippen molar-refractivity contribution in [2.75, 3.05) is 11.9 Å². The highest BCUT2D eigenvalue weighted by Gasteiger charge is 2.18. The largest absolute Gasteiger partial charge is 0.494 e. The van der Waals surface area contributed by atoms with E-state index in [1.54, 1.807) is 24.3 Å². The van der Waals surface area contributed by atoms with Crippen molar-refractivity contribution < 1.29 is 19.4 Å². The van der Waals surface area contributed by atoms with Gasteiger partial charge in [-0.2, -0.15) is 0 Å². The molecule has 0 saturated heterocycles. The van der Waals surface area contributed by atoms with Crippen LogP contribution in [0.4, 0.5) is 5.69 Å². The van der Waals surface area contributed by atoms with Gasteiger partial charge in [-0.3, -0.25) is 9.59 Å². The highest BCUT2D eigenvalue weighted by Crippen LogP contribution is 2.21. The molecular weight excluding hydrogens is 282 g/mol. The number of allylic oxidation sites excluding steroid dienone is 2. The van der Waals surface area contributed by atoms with Gasteiger partial charge in [0.1, 0.15) is 5.75 Å². The molecular formula is C17H21NO4. The molecule has 1 aromatic rings. The first-order valence-electron chi connectivity index (χ1n) is 7.55. The molecule has 1 unspecified atom stereocenters. The van der Waals surface area contributed by atoms with Crippen LogP contribution in [0.2, 0.25) is 0 Å². The Labute approximate surface area is 130 Å². The monoisotopic (exact) mass is 303 g/mol. The van der Waals surface area contributed by atoms with Gasteiger partial charge < -0.3 is 15.2 Å². The molecule has 5 heteroatoms. The minimum Gasteiger partial charge on any atom is -0.494 e. The van der Waals surface area contributed by atoms with Crippen molar-refractivity contribution in [1.82, 2.24) is 0 Å². The van der Waals surface area contributed by atoms with Crippen molar-refractivity contribution in [2.45, 2.75) is 32.1 Å². The molecule has 1 amide bonds. The summed E-state index contributed by atoms with van der Waals surface area (Å²) in [5, 5.41) is 11.5. The lowest BCUT2D eigenvalue weighted by atomic mass is 9.93. The molecule has 1 atom stereocenters. The number of hydrogen-bond donors (Lipinski definition) is 2. The number of carboxylic acid groups (broad SMARTS) is 1. The zero-order chi connectivity index (χ0) is 15.8. The van der Waals surface area contributed by atoms with Gasteiger partial charge in [-0.05, 0) is 49.9 Å². The number of benzene rings is 1. The summed E-state index contributed by atoms with van der Waals surface area (Å²) in [4.78, 5) is 22.5. The maximum atomic E-state index is 12.1. The Kier molecular flexibility index (Phi) is 6.01. The lowest BCUT2D eigenvalue weighted by Gasteiger charge is -2.17. The number of carbonyl (C=O) groups excluding carboxylic acids is 1. The maximum absolute atomic E-state index is 12.1. The number of aliphatic carboxylic acids is 1. The highest BCUT2D eigenvalue weighted by molar-refractivity contribution is 5.92. The molecule has 0 spiro atoms. The van der Waals surface area contributed by atoms with E-state index in [0.29, 0.717) is 18.8 Å². The fourth-order valence-corrected chi connectivity index (χ4v) is 2.32. The summed E-state index contributed by atoms with van der Waals surface area (Å²) in [6, 6.07) is 7.14. The molecule has 22 heavy (non-hydrogen) atoms. The molecule has 0 aromatic heterocycles. The molecule has 5 nitrogen and oxygen atoms in total. The first-order chi connectivity index (χ1) is 10.6. The summed E-state index contributed by atoms with van der Waals surface area (Å²) >= 11 is 0. The van der Waals surface area contributed by atoms with Crippen LogP contribution in [0.15, 0.2) is 36.4 Å². The predicted octanol–water partition coefficient (Wildman–Crippen LogP) is 3.23. The first-order valence-corrected chi connectivity index (χ1v) is 7.55. The number of nitrogens with one attached hydrogen (secondary N) is 1. The zero-order valence-electron chi connectivity index (χ0n) is 12.5. The van der Waals surface area contributed by atoms with E-state index in [1.807, 2.05) is 0 Å². The molecule has 2 rings (SSSR count). The van der Waals surface area contributed by atoms with Gasteiger partial charge in [0.25, 0.3) is 0 Å². The average molecular weight is 303 g/mol. The second-order valence-corrected chi connectivity index (χ2v) is 5.34. The molecule has 0 heterocycles. The molecule has 2 N–H and O–H groups in total. The van der Waals surface area contributed by atoms with Crippen LogP contribution >= 0.6 is 0 Å². The van der Waals surface area contributed by atoms with Crippen LogP contribution in [0, 0.1) is 5.92 Å². The molecule has 0 bridgehead atoms. The van der Waals surface area contributed by atoms with Crippen LogP contribution in [0.5, 0.6) is 5.75 Å². The van der Waals surface area contributed by atoms with Crippen LogP contribution < -0.4 is 10.1 Å². The third kappa shape index (κ3) is 5.24. The zero-order valence-corrected chi connectivity index (χ0v) is 12.5. The van der Waals surface area contributed by atoms with Crippen molar-refractivity contribution in [3.8, 4) is 5.75 Å². The number of ether oxygens (including phenoxy) is 1. The van der Waals surface area contributed by atoms with Crippen molar-refractivity contribution in [2.24, 2.45) is 5.92 Å². The van der Waals surface area contributed by atoms with Crippen LogP contribution in [-0.2, 0) is 9.59 Å². The average Bonchev–Trinajstić information content (AvgIpc) is 2.54. The van der Waals surface area contributed by atoms with E-state index in [4.69, 9.17) is 9.84 Å². The van der Waals surface area contributed by atoms with Gasteiger partial charge in [-0.15, -0.1) is 0 Å². The standard InChI is InChI=1S/C17H21NO4/c19-16(20)7-4-12-22-15-10-8-14(9-11-15)18-17(21)13-5-2-1-3-6-13/h1-2,8-11,13H,3-7,12H2,(H,18,21)(H,19,20).